The summed E-state index contributed by atoms with van der Waals surface area (Å²) in [5.41, 5.74) is 1.49. The van der Waals surface area contributed by atoms with Crippen LogP contribution in [0.1, 0.15) is 17.4 Å². The van der Waals surface area contributed by atoms with Crippen LogP contribution in [0, 0.1) is 11.6 Å². The van der Waals surface area contributed by atoms with Crippen molar-refractivity contribution in [3.63, 3.8) is 0 Å². The second-order valence-corrected chi connectivity index (χ2v) is 5.98. The Hall–Kier alpha value is -2.24. The molecule has 0 fully saturated rings. The molecule has 0 atom stereocenters. The van der Waals surface area contributed by atoms with Gasteiger partial charge in [-0.1, -0.05) is 23.2 Å². The Balaban J connectivity index is 2.24. The molecule has 3 aromatic rings. The number of carbonyl (C=O) groups is 1. The van der Waals surface area contributed by atoms with Gasteiger partial charge in [0.25, 0.3) is 0 Å². The number of aromatic nitrogens is 2. The van der Waals surface area contributed by atoms with Crippen molar-refractivity contribution in [1.82, 2.24) is 9.78 Å². The molecule has 0 bridgehead atoms. The Morgan fingerprint density at radius 3 is 2.46 bits per heavy atom. The molecule has 24 heavy (non-hydrogen) atoms. The largest absolute Gasteiger partial charge is 0.293 e. The van der Waals surface area contributed by atoms with Crippen LogP contribution in [-0.2, 0) is 0 Å². The van der Waals surface area contributed by atoms with Crippen molar-refractivity contribution in [3.05, 3.63) is 69.8 Å². The Labute approximate surface area is 146 Å². The highest BCUT2D eigenvalue weighted by molar-refractivity contribution is 6.31. The molecular formula is C17H10Cl2F2N2O. The molecule has 0 unspecified atom stereocenters. The molecule has 3 nitrogen and oxygen atoms in total. The van der Waals surface area contributed by atoms with Crippen LogP contribution in [0.15, 0.2) is 42.5 Å². The monoisotopic (exact) mass is 366 g/mol. The number of hydrogen-bond acceptors (Lipinski definition) is 2. The molecule has 122 valence electrons. The zero-order valence-electron chi connectivity index (χ0n) is 12.4. The van der Waals surface area contributed by atoms with E-state index in [4.69, 9.17) is 23.2 Å². The minimum Gasteiger partial charge on any atom is -0.293 e. The number of nitrogens with zero attached hydrogens (tertiary/aromatic N) is 2. The van der Waals surface area contributed by atoms with Gasteiger partial charge in [0.2, 0.25) is 0 Å². The zero-order valence-corrected chi connectivity index (χ0v) is 13.9. The van der Waals surface area contributed by atoms with Gasteiger partial charge in [0.05, 0.1) is 16.4 Å². The molecule has 0 amide bonds. The summed E-state index contributed by atoms with van der Waals surface area (Å²) in [5, 5.41) is 4.33. The molecule has 2 aromatic carbocycles. The highest BCUT2D eigenvalue weighted by Gasteiger charge is 2.16. The number of hydrogen-bond donors (Lipinski definition) is 0. The van der Waals surface area contributed by atoms with Gasteiger partial charge in [-0.3, -0.25) is 4.79 Å². The van der Waals surface area contributed by atoms with Gasteiger partial charge in [-0.2, -0.15) is 5.10 Å². The fourth-order valence-electron chi connectivity index (χ4n) is 2.27. The van der Waals surface area contributed by atoms with E-state index in [0.717, 1.165) is 0 Å². The second-order valence-electron chi connectivity index (χ2n) is 5.14. The summed E-state index contributed by atoms with van der Waals surface area (Å²) in [6, 6.07) is 9.54. The zero-order chi connectivity index (χ0) is 17.4. The van der Waals surface area contributed by atoms with Crippen LogP contribution < -0.4 is 0 Å². The van der Waals surface area contributed by atoms with Gasteiger partial charge < -0.3 is 0 Å². The third-order valence-electron chi connectivity index (χ3n) is 3.38. The lowest BCUT2D eigenvalue weighted by molar-refractivity contribution is 0.101. The maximum absolute atomic E-state index is 13.7. The van der Waals surface area contributed by atoms with Crippen LogP contribution >= 0.6 is 23.2 Å². The lowest BCUT2D eigenvalue weighted by Crippen LogP contribution is -2.01. The summed E-state index contributed by atoms with van der Waals surface area (Å²) in [5.74, 6) is -1.35. The first kappa shape index (κ1) is 16.6. The molecule has 1 heterocycles. The van der Waals surface area contributed by atoms with Crippen LogP contribution in [0.25, 0.3) is 16.9 Å². The summed E-state index contributed by atoms with van der Waals surface area (Å²) < 4.78 is 28.5. The quantitative estimate of drug-likeness (QED) is 0.587. The van der Waals surface area contributed by atoms with Crippen molar-refractivity contribution in [1.29, 1.82) is 0 Å². The van der Waals surface area contributed by atoms with E-state index in [0.29, 0.717) is 16.9 Å². The number of ketones is 1. The Morgan fingerprint density at radius 2 is 1.83 bits per heavy atom. The van der Waals surface area contributed by atoms with Crippen molar-refractivity contribution in [3.8, 4) is 16.9 Å². The van der Waals surface area contributed by atoms with Crippen molar-refractivity contribution >= 4 is 29.0 Å². The van der Waals surface area contributed by atoms with Crippen LogP contribution in [0.2, 0.25) is 10.0 Å². The number of benzene rings is 2. The van der Waals surface area contributed by atoms with Crippen molar-refractivity contribution in [2.24, 2.45) is 0 Å². The maximum atomic E-state index is 13.7. The highest BCUT2D eigenvalue weighted by atomic mass is 35.5. The fourth-order valence-corrected chi connectivity index (χ4v) is 2.67. The number of halogens is 4. The highest BCUT2D eigenvalue weighted by Crippen LogP contribution is 2.29. The lowest BCUT2D eigenvalue weighted by atomic mass is 10.1. The SMILES string of the molecule is CC(=O)c1cc(-c2cc(F)cc(Cl)c2)n(-c2ccc(F)c(Cl)c2)n1. The summed E-state index contributed by atoms with van der Waals surface area (Å²) in [4.78, 5) is 11.7. The third kappa shape index (κ3) is 3.18. The van der Waals surface area contributed by atoms with E-state index in [9.17, 15) is 13.6 Å². The Kier molecular flexibility index (Phi) is 4.39. The van der Waals surface area contributed by atoms with E-state index in [1.54, 1.807) is 6.07 Å². The molecule has 7 heteroatoms. The summed E-state index contributed by atoms with van der Waals surface area (Å²) >= 11 is 11.7. The molecule has 3 rings (SSSR count). The predicted molar refractivity (Wildman–Crippen MR) is 88.9 cm³/mol. The molecule has 0 aliphatic heterocycles. The van der Waals surface area contributed by atoms with E-state index in [1.165, 1.54) is 48.0 Å². The minimum atomic E-state index is -0.574. The van der Waals surface area contributed by atoms with E-state index < -0.39 is 11.6 Å². The second kappa shape index (κ2) is 6.34. The molecule has 0 N–H and O–H groups in total. The van der Waals surface area contributed by atoms with E-state index in [1.807, 2.05) is 0 Å². The molecule has 1 aromatic heterocycles. The summed E-state index contributed by atoms with van der Waals surface area (Å²) in [7, 11) is 0. The molecule has 0 saturated carbocycles. The van der Waals surface area contributed by atoms with E-state index in [-0.39, 0.29) is 21.5 Å². The van der Waals surface area contributed by atoms with Gasteiger partial charge in [-0.15, -0.1) is 0 Å². The van der Waals surface area contributed by atoms with E-state index >= 15 is 0 Å². The number of carbonyl (C=O) groups excluding carboxylic acids is 1. The van der Waals surface area contributed by atoms with Gasteiger partial charge in [-0.25, -0.2) is 13.5 Å². The fraction of sp³-hybridized carbons (Fsp3) is 0.0588. The maximum Gasteiger partial charge on any atom is 0.180 e. The van der Waals surface area contributed by atoms with Gasteiger partial charge in [0, 0.05) is 17.5 Å². The normalized spacial score (nSPS) is 10.9. The number of Topliss-reactive ketones (excluding diaryl/α,β-unsaturated/α-hetero) is 1. The first-order valence-electron chi connectivity index (χ1n) is 6.88. The first-order valence-corrected chi connectivity index (χ1v) is 7.63. The summed E-state index contributed by atoms with van der Waals surface area (Å²) in [6.45, 7) is 1.37. The Morgan fingerprint density at radius 1 is 1.08 bits per heavy atom. The van der Waals surface area contributed by atoms with Crippen LogP contribution in [0.5, 0.6) is 0 Å². The topological polar surface area (TPSA) is 34.9 Å². The van der Waals surface area contributed by atoms with Crippen LogP contribution in [0.4, 0.5) is 8.78 Å². The van der Waals surface area contributed by atoms with Crippen LogP contribution in [0.3, 0.4) is 0 Å². The van der Waals surface area contributed by atoms with Gasteiger partial charge in [0.1, 0.15) is 17.3 Å². The first-order chi connectivity index (χ1) is 11.3. The molecule has 0 aliphatic carbocycles. The molecule has 0 aliphatic rings. The van der Waals surface area contributed by atoms with Gasteiger partial charge in [0.15, 0.2) is 5.78 Å². The standard InChI is InChI=1S/C17H10Cl2F2N2O/c1-9(24)16-8-17(10-4-11(18)6-12(20)5-10)23(22-16)13-2-3-15(21)14(19)7-13/h2-8H,1H3. The van der Waals surface area contributed by atoms with Gasteiger partial charge in [-0.05, 0) is 42.5 Å². The summed E-state index contributed by atoms with van der Waals surface area (Å²) in [6.07, 6.45) is 0. The van der Waals surface area contributed by atoms with Crippen LogP contribution in [-0.4, -0.2) is 15.6 Å². The predicted octanol–water partition coefficient (Wildman–Crippen LogP) is 5.33. The van der Waals surface area contributed by atoms with E-state index in [2.05, 4.69) is 5.10 Å². The molecular weight excluding hydrogens is 357 g/mol. The van der Waals surface area contributed by atoms with Crippen molar-refractivity contribution in [2.75, 3.05) is 0 Å². The molecule has 0 saturated heterocycles. The number of rotatable bonds is 3. The third-order valence-corrected chi connectivity index (χ3v) is 3.88. The van der Waals surface area contributed by atoms with Crippen molar-refractivity contribution in [2.45, 2.75) is 6.92 Å². The average molecular weight is 367 g/mol. The smallest absolute Gasteiger partial charge is 0.180 e. The Bertz CT molecular complexity index is 934. The minimum absolute atomic E-state index is 0.0874. The van der Waals surface area contributed by atoms with Crippen molar-refractivity contribution < 1.29 is 13.6 Å². The van der Waals surface area contributed by atoms with Gasteiger partial charge >= 0.3 is 0 Å². The molecule has 0 spiro atoms. The lowest BCUT2D eigenvalue weighted by Gasteiger charge is -2.09. The average Bonchev–Trinajstić information content (AvgIpc) is 2.94. The molecule has 0 radical (unpaired) electrons.